The molecule has 5 rings (SSSR count). The molecule has 0 bridgehead atoms. The van der Waals surface area contributed by atoms with E-state index in [2.05, 4.69) is 20.2 Å². The minimum atomic E-state index is 0.404. The van der Waals surface area contributed by atoms with Gasteiger partial charge in [0.2, 0.25) is 0 Å². The number of likely N-dealkylation sites (tertiary alicyclic amines) is 1. The van der Waals surface area contributed by atoms with Gasteiger partial charge in [-0.3, -0.25) is 0 Å². The van der Waals surface area contributed by atoms with Crippen molar-refractivity contribution in [3.05, 3.63) is 36.4 Å². The quantitative estimate of drug-likeness (QED) is 0.708. The molecule has 3 aromatic rings. The lowest BCUT2D eigenvalue weighted by atomic mass is 9.95. The third-order valence-electron chi connectivity index (χ3n) is 5.51. The lowest BCUT2D eigenvalue weighted by Gasteiger charge is -2.32. The Hall–Kier alpha value is -2.32. The Morgan fingerprint density at radius 1 is 1.12 bits per heavy atom. The fourth-order valence-electron chi connectivity index (χ4n) is 4.04. The Bertz CT molecular complexity index is 861. The van der Waals surface area contributed by atoms with Crippen LogP contribution >= 0.6 is 0 Å². The standard InChI is InChI=1S/C18H23N7O/c1-7-19-24(8-1)17-3-2-16-20-21-18(25(16)22-17)15-4-9-23(10-5-15)12-14-6-11-26-13-14/h1-3,7-8,14-15H,4-6,9-13H2. The Labute approximate surface area is 151 Å². The lowest BCUT2D eigenvalue weighted by molar-refractivity contribution is 0.151. The van der Waals surface area contributed by atoms with Crippen molar-refractivity contribution in [3.63, 3.8) is 0 Å². The van der Waals surface area contributed by atoms with Crippen molar-refractivity contribution < 1.29 is 4.74 Å². The van der Waals surface area contributed by atoms with Crippen molar-refractivity contribution in [2.45, 2.75) is 25.2 Å². The van der Waals surface area contributed by atoms with Crippen LogP contribution in [-0.4, -0.2) is 67.3 Å². The van der Waals surface area contributed by atoms with E-state index in [0.29, 0.717) is 11.8 Å². The van der Waals surface area contributed by atoms with E-state index in [0.717, 1.165) is 63.0 Å². The first-order valence-electron chi connectivity index (χ1n) is 9.39. The minimum Gasteiger partial charge on any atom is -0.381 e. The summed E-state index contributed by atoms with van der Waals surface area (Å²) in [6.45, 7) is 5.23. The van der Waals surface area contributed by atoms with Crippen molar-refractivity contribution in [1.29, 1.82) is 0 Å². The van der Waals surface area contributed by atoms with Crippen molar-refractivity contribution >= 4 is 5.65 Å². The number of nitrogens with zero attached hydrogens (tertiary/aromatic N) is 7. The van der Waals surface area contributed by atoms with Crippen LogP contribution in [0.5, 0.6) is 0 Å². The smallest absolute Gasteiger partial charge is 0.178 e. The number of fused-ring (bicyclic) bond motifs is 1. The molecular formula is C18H23N7O. The van der Waals surface area contributed by atoms with Gasteiger partial charge in [-0.05, 0) is 56.5 Å². The first-order valence-corrected chi connectivity index (χ1v) is 9.39. The molecule has 0 aliphatic carbocycles. The number of hydrogen-bond donors (Lipinski definition) is 0. The van der Waals surface area contributed by atoms with E-state index in [-0.39, 0.29) is 0 Å². The topological polar surface area (TPSA) is 73.4 Å². The van der Waals surface area contributed by atoms with Crippen molar-refractivity contribution in [2.75, 3.05) is 32.8 Å². The molecule has 2 aliphatic rings. The van der Waals surface area contributed by atoms with Crippen LogP contribution in [0.4, 0.5) is 0 Å². The first-order chi connectivity index (χ1) is 12.9. The fourth-order valence-corrected chi connectivity index (χ4v) is 4.04. The number of hydrogen-bond acceptors (Lipinski definition) is 6. The molecule has 8 heteroatoms. The fraction of sp³-hybridized carbons (Fsp3) is 0.556. The monoisotopic (exact) mass is 353 g/mol. The maximum absolute atomic E-state index is 5.51. The van der Waals surface area contributed by atoms with Gasteiger partial charge in [0.15, 0.2) is 17.3 Å². The molecule has 26 heavy (non-hydrogen) atoms. The van der Waals surface area contributed by atoms with Crippen LogP contribution in [0.1, 0.15) is 31.0 Å². The molecule has 0 aromatic carbocycles. The predicted molar refractivity (Wildman–Crippen MR) is 95.2 cm³/mol. The minimum absolute atomic E-state index is 0.404. The second-order valence-corrected chi connectivity index (χ2v) is 7.27. The molecule has 0 spiro atoms. The van der Waals surface area contributed by atoms with E-state index < -0.39 is 0 Å². The predicted octanol–water partition coefficient (Wildman–Crippen LogP) is 1.53. The normalized spacial score (nSPS) is 22.4. The molecule has 1 unspecified atom stereocenters. The highest BCUT2D eigenvalue weighted by Gasteiger charge is 2.27. The van der Waals surface area contributed by atoms with Crippen LogP contribution in [0.25, 0.3) is 11.5 Å². The van der Waals surface area contributed by atoms with E-state index in [1.807, 2.05) is 28.9 Å². The second kappa shape index (κ2) is 6.77. The highest BCUT2D eigenvalue weighted by Crippen LogP contribution is 2.28. The molecule has 8 nitrogen and oxygen atoms in total. The lowest BCUT2D eigenvalue weighted by Crippen LogP contribution is -2.37. The van der Waals surface area contributed by atoms with E-state index in [9.17, 15) is 0 Å². The van der Waals surface area contributed by atoms with E-state index in [1.54, 1.807) is 10.9 Å². The molecule has 0 saturated carbocycles. The third-order valence-corrected chi connectivity index (χ3v) is 5.51. The molecule has 5 heterocycles. The van der Waals surface area contributed by atoms with Crippen LogP contribution in [-0.2, 0) is 4.74 Å². The SMILES string of the molecule is c1cnn(-c2ccc3nnc(C4CCN(CC5CCOC5)CC4)n3n2)c1. The van der Waals surface area contributed by atoms with Crippen LogP contribution < -0.4 is 0 Å². The average Bonchev–Trinajstić information content (AvgIpc) is 3.43. The highest BCUT2D eigenvalue weighted by molar-refractivity contribution is 5.39. The largest absolute Gasteiger partial charge is 0.381 e. The summed E-state index contributed by atoms with van der Waals surface area (Å²) in [6.07, 6.45) is 7.05. The van der Waals surface area contributed by atoms with Gasteiger partial charge in [-0.1, -0.05) is 0 Å². The van der Waals surface area contributed by atoms with E-state index in [4.69, 9.17) is 9.84 Å². The molecule has 0 radical (unpaired) electrons. The summed E-state index contributed by atoms with van der Waals surface area (Å²) in [5.41, 5.74) is 0.793. The molecule has 0 amide bonds. The molecule has 0 N–H and O–H groups in total. The van der Waals surface area contributed by atoms with Gasteiger partial charge in [-0.25, -0.2) is 4.68 Å². The van der Waals surface area contributed by atoms with Gasteiger partial charge >= 0.3 is 0 Å². The van der Waals surface area contributed by atoms with Gasteiger partial charge in [0, 0.05) is 31.5 Å². The summed E-state index contributed by atoms with van der Waals surface area (Å²) in [4.78, 5) is 2.57. The van der Waals surface area contributed by atoms with Crippen molar-refractivity contribution in [3.8, 4) is 5.82 Å². The zero-order chi connectivity index (χ0) is 17.3. The van der Waals surface area contributed by atoms with Gasteiger partial charge in [-0.15, -0.1) is 15.3 Å². The van der Waals surface area contributed by atoms with Crippen LogP contribution in [0.2, 0.25) is 0 Å². The summed E-state index contributed by atoms with van der Waals surface area (Å²) in [6, 6.07) is 5.77. The van der Waals surface area contributed by atoms with Crippen molar-refractivity contribution in [2.24, 2.45) is 5.92 Å². The molecule has 136 valence electrons. The summed E-state index contributed by atoms with van der Waals surface area (Å²) in [5, 5.41) is 17.7. The first kappa shape index (κ1) is 15.9. The Morgan fingerprint density at radius 3 is 2.81 bits per heavy atom. The molecule has 2 aliphatic heterocycles. The third kappa shape index (κ3) is 2.99. The number of ether oxygens (including phenoxy) is 1. The molecule has 1 atom stereocenters. The zero-order valence-corrected chi connectivity index (χ0v) is 14.7. The Morgan fingerprint density at radius 2 is 2.04 bits per heavy atom. The number of piperidine rings is 1. The van der Waals surface area contributed by atoms with Gasteiger partial charge in [0.05, 0.1) is 6.61 Å². The summed E-state index contributed by atoms with van der Waals surface area (Å²) < 4.78 is 9.16. The average molecular weight is 353 g/mol. The van der Waals surface area contributed by atoms with Crippen molar-refractivity contribution in [1.82, 2.24) is 34.5 Å². The molecule has 2 saturated heterocycles. The van der Waals surface area contributed by atoms with Crippen LogP contribution in [0.3, 0.4) is 0 Å². The van der Waals surface area contributed by atoms with Crippen LogP contribution in [0.15, 0.2) is 30.6 Å². The van der Waals surface area contributed by atoms with Gasteiger partial charge in [0.25, 0.3) is 0 Å². The summed E-state index contributed by atoms with van der Waals surface area (Å²) in [5.74, 6) is 2.86. The van der Waals surface area contributed by atoms with Crippen LogP contribution in [0, 0.1) is 5.92 Å². The summed E-state index contributed by atoms with van der Waals surface area (Å²) >= 11 is 0. The maximum atomic E-state index is 5.51. The zero-order valence-electron chi connectivity index (χ0n) is 14.7. The van der Waals surface area contributed by atoms with Gasteiger partial charge < -0.3 is 9.64 Å². The Kier molecular flexibility index (Phi) is 4.14. The van der Waals surface area contributed by atoms with E-state index in [1.165, 1.54) is 6.42 Å². The van der Waals surface area contributed by atoms with Gasteiger partial charge in [0.1, 0.15) is 0 Å². The van der Waals surface area contributed by atoms with Gasteiger partial charge in [-0.2, -0.15) is 9.61 Å². The van der Waals surface area contributed by atoms with E-state index >= 15 is 0 Å². The number of aromatic nitrogens is 6. The highest BCUT2D eigenvalue weighted by atomic mass is 16.5. The molecule has 3 aromatic heterocycles. The second-order valence-electron chi connectivity index (χ2n) is 7.27. The number of rotatable bonds is 4. The molecular weight excluding hydrogens is 330 g/mol. The maximum Gasteiger partial charge on any atom is 0.178 e. The Balaban J connectivity index is 1.32. The molecule has 2 fully saturated rings. The summed E-state index contributed by atoms with van der Waals surface area (Å²) in [7, 11) is 0.